The van der Waals surface area contributed by atoms with Crippen LogP contribution in [0, 0.1) is 21.4 Å². The Bertz CT molecular complexity index is 639. The lowest BCUT2D eigenvalue weighted by atomic mass is 10.1. The number of hydrogen-bond donors (Lipinski definition) is 1. The summed E-state index contributed by atoms with van der Waals surface area (Å²) in [6, 6.07) is 6.99. The van der Waals surface area contributed by atoms with Gasteiger partial charge in [-0.25, -0.2) is 4.79 Å². The van der Waals surface area contributed by atoms with Crippen molar-refractivity contribution in [3.8, 4) is 6.07 Å². The van der Waals surface area contributed by atoms with Crippen molar-refractivity contribution in [1.82, 2.24) is 5.32 Å². The molecule has 1 amide bonds. The van der Waals surface area contributed by atoms with Gasteiger partial charge in [-0.1, -0.05) is 12.1 Å². The van der Waals surface area contributed by atoms with Crippen molar-refractivity contribution < 1.29 is 19.2 Å². The van der Waals surface area contributed by atoms with E-state index in [1.807, 2.05) is 6.07 Å². The summed E-state index contributed by atoms with van der Waals surface area (Å²) in [6.07, 6.45) is 1.91. The van der Waals surface area contributed by atoms with Crippen LogP contribution in [-0.4, -0.2) is 30.0 Å². The van der Waals surface area contributed by atoms with Crippen molar-refractivity contribution >= 4 is 17.6 Å². The third-order valence-corrected chi connectivity index (χ3v) is 3.34. The second kappa shape index (κ2) is 9.94. The van der Waals surface area contributed by atoms with Gasteiger partial charge in [0.15, 0.2) is 0 Å². The molecule has 1 rings (SSSR count). The molecule has 0 aromatic heterocycles. The van der Waals surface area contributed by atoms with Gasteiger partial charge >= 0.3 is 5.97 Å². The number of amides is 1. The number of carbonyl (C=O) groups is 2. The average Bonchev–Trinajstić information content (AvgIpc) is 2.57. The zero-order valence-corrected chi connectivity index (χ0v) is 13.4. The molecule has 0 bridgehead atoms. The van der Waals surface area contributed by atoms with E-state index < -0.39 is 22.8 Å². The maximum Gasteiger partial charge on any atom is 0.328 e. The minimum absolute atomic E-state index is 0.0760. The highest BCUT2D eigenvalue weighted by Gasteiger charge is 2.21. The number of nitrogens with zero attached hydrogens (tertiary/aromatic N) is 2. The molecule has 0 radical (unpaired) electrons. The molecule has 1 N–H and O–H groups in total. The normalized spacial score (nSPS) is 11.2. The number of carbonyl (C=O) groups excluding carboxylic acids is 2. The zero-order chi connectivity index (χ0) is 17.9. The molecule has 0 saturated heterocycles. The highest BCUT2D eigenvalue weighted by Crippen LogP contribution is 2.13. The number of rotatable bonds is 9. The van der Waals surface area contributed by atoms with Crippen molar-refractivity contribution in [2.45, 2.75) is 38.1 Å². The van der Waals surface area contributed by atoms with E-state index in [0.717, 1.165) is 0 Å². The Hall–Kier alpha value is -2.95. The van der Waals surface area contributed by atoms with Gasteiger partial charge in [0.05, 0.1) is 24.5 Å². The van der Waals surface area contributed by atoms with Crippen LogP contribution in [0.1, 0.15) is 31.2 Å². The topological polar surface area (TPSA) is 122 Å². The van der Waals surface area contributed by atoms with Crippen LogP contribution in [0.15, 0.2) is 24.3 Å². The second-order valence-electron chi connectivity index (χ2n) is 5.15. The van der Waals surface area contributed by atoms with Crippen LogP contribution in [0.3, 0.4) is 0 Å². The van der Waals surface area contributed by atoms with E-state index in [1.54, 1.807) is 6.07 Å². The van der Waals surface area contributed by atoms with Crippen LogP contribution in [0.25, 0.3) is 0 Å². The first-order valence-electron chi connectivity index (χ1n) is 7.45. The van der Waals surface area contributed by atoms with Crippen LogP contribution in [0.2, 0.25) is 0 Å². The first kappa shape index (κ1) is 19.1. The summed E-state index contributed by atoms with van der Waals surface area (Å²) in [5.74, 6) is -0.981. The van der Waals surface area contributed by atoms with Gasteiger partial charge in [-0.15, -0.1) is 0 Å². The number of nitriles is 1. The minimum atomic E-state index is -0.792. The molecule has 0 unspecified atom stereocenters. The van der Waals surface area contributed by atoms with Crippen molar-refractivity contribution in [3.05, 3.63) is 39.9 Å². The van der Waals surface area contributed by atoms with E-state index in [0.29, 0.717) is 31.2 Å². The van der Waals surface area contributed by atoms with Gasteiger partial charge in [0, 0.05) is 18.6 Å². The molecule has 1 aromatic carbocycles. The predicted octanol–water partition coefficient (Wildman–Crippen LogP) is 1.88. The number of nitrogens with one attached hydrogen (secondary N) is 1. The van der Waals surface area contributed by atoms with E-state index in [-0.39, 0.29) is 12.1 Å². The Morgan fingerprint density at radius 1 is 1.42 bits per heavy atom. The number of non-ortho nitro benzene ring substituents is 1. The molecule has 8 nitrogen and oxygen atoms in total. The molecule has 0 heterocycles. The van der Waals surface area contributed by atoms with Gasteiger partial charge in [0.2, 0.25) is 5.91 Å². The summed E-state index contributed by atoms with van der Waals surface area (Å²) in [4.78, 5) is 34.0. The molecular weight excluding hydrogens is 314 g/mol. The van der Waals surface area contributed by atoms with Gasteiger partial charge in [0.25, 0.3) is 5.69 Å². The summed E-state index contributed by atoms with van der Waals surface area (Å²) < 4.78 is 4.66. The Morgan fingerprint density at radius 2 is 2.17 bits per heavy atom. The molecule has 0 aliphatic rings. The molecule has 0 aliphatic heterocycles. The zero-order valence-electron chi connectivity index (χ0n) is 13.4. The monoisotopic (exact) mass is 333 g/mol. The van der Waals surface area contributed by atoms with Gasteiger partial charge in [-0.2, -0.15) is 5.26 Å². The lowest BCUT2D eigenvalue weighted by Crippen LogP contribution is -2.42. The summed E-state index contributed by atoms with van der Waals surface area (Å²) in [7, 11) is 1.23. The SMILES string of the molecule is COC(=O)[C@H](CCCCC#N)NC(=O)Cc1cccc([N+](=O)[O-])c1. The van der Waals surface area contributed by atoms with Gasteiger partial charge in [-0.05, 0) is 24.8 Å². The molecule has 0 fully saturated rings. The number of ether oxygens (including phenoxy) is 1. The van der Waals surface area contributed by atoms with Crippen LogP contribution in [0.5, 0.6) is 0 Å². The van der Waals surface area contributed by atoms with E-state index >= 15 is 0 Å². The third kappa shape index (κ3) is 6.44. The largest absolute Gasteiger partial charge is 0.467 e. The quantitative estimate of drug-likeness (QED) is 0.318. The summed E-state index contributed by atoms with van der Waals surface area (Å²) >= 11 is 0. The van der Waals surface area contributed by atoms with E-state index in [9.17, 15) is 19.7 Å². The Morgan fingerprint density at radius 3 is 2.79 bits per heavy atom. The van der Waals surface area contributed by atoms with E-state index in [1.165, 1.54) is 25.3 Å². The molecule has 0 aliphatic carbocycles. The second-order valence-corrected chi connectivity index (χ2v) is 5.15. The maximum absolute atomic E-state index is 12.1. The molecule has 24 heavy (non-hydrogen) atoms. The van der Waals surface area contributed by atoms with Crippen LogP contribution < -0.4 is 5.32 Å². The Kier molecular flexibility index (Phi) is 7.91. The van der Waals surface area contributed by atoms with Crippen molar-refractivity contribution in [2.24, 2.45) is 0 Å². The Labute approximate surface area is 139 Å². The molecule has 8 heteroatoms. The number of hydrogen-bond acceptors (Lipinski definition) is 6. The predicted molar refractivity (Wildman–Crippen MR) is 84.8 cm³/mol. The first-order valence-corrected chi connectivity index (χ1v) is 7.45. The average molecular weight is 333 g/mol. The van der Waals surface area contributed by atoms with Crippen LogP contribution >= 0.6 is 0 Å². The number of benzene rings is 1. The van der Waals surface area contributed by atoms with Crippen LogP contribution in [-0.2, 0) is 20.7 Å². The summed E-state index contributed by atoms with van der Waals surface area (Å²) in [5, 5.41) is 21.8. The number of esters is 1. The fourth-order valence-electron chi connectivity index (χ4n) is 2.15. The molecular formula is C16H19N3O5. The van der Waals surface area contributed by atoms with E-state index in [2.05, 4.69) is 10.1 Å². The van der Waals surface area contributed by atoms with Crippen LogP contribution in [0.4, 0.5) is 5.69 Å². The van der Waals surface area contributed by atoms with Gasteiger partial charge < -0.3 is 10.1 Å². The molecule has 0 saturated carbocycles. The number of methoxy groups -OCH3 is 1. The number of nitro groups is 1. The van der Waals surface area contributed by atoms with Crippen molar-refractivity contribution in [2.75, 3.05) is 7.11 Å². The fourth-order valence-corrected chi connectivity index (χ4v) is 2.15. The van der Waals surface area contributed by atoms with Crippen molar-refractivity contribution in [1.29, 1.82) is 5.26 Å². The lowest BCUT2D eigenvalue weighted by molar-refractivity contribution is -0.384. The van der Waals surface area contributed by atoms with Gasteiger partial charge in [-0.3, -0.25) is 14.9 Å². The molecule has 1 atom stereocenters. The van der Waals surface area contributed by atoms with Gasteiger partial charge in [0.1, 0.15) is 6.04 Å². The summed E-state index contributed by atoms with van der Waals surface area (Å²) in [5.41, 5.74) is 0.385. The van der Waals surface area contributed by atoms with Crippen molar-refractivity contribution in [3.63, 3.8) is 0 Å². The molecule has 1 aromatic rings. The number of unbranched alkanes of at least 4 members (excludes halogenated alkanes) is 2. The highest BCUT2D eigenvalue weighted by atomic mass is 16.6. The summed E-state index contributed by atoms with van der Waals surface area (Å²) in [6.45, 7) is 0. The highest BCUT2D eigenvalue weighted by molar-refractivity contribution is 5.85. The molecule has 128 valence electrons. The first-order chi connectivity index (χ1) is 11.5. The standard InChI is InChI=1S/C16H19N3O5/c1-24-16(21)14(8-3-2-4-9-17)18-15(20)11-12-6-5-7-13(10-12)19(22)23/h5-7,10,14H,2-4,8,11H2,1H3,(H,18,20)/t14-/m0/s1. The molecule has 0 spiro atoms. The number of nitro benzene ring substituents is 1. The Balaban J connectivity index is 2.64. The minimum Gasteiger partial charge on any atom is -0.467 e. The maximum atomic E-state index is 12.1. The third-order valence-electron chi connectivity index (χ3n) is 3.34. The van der Waals surface area contributed by atoms with E-state index in [4.69, 9.17) is 5.26 Å². The fraction of sp³-hybridized carbons (Fsp3) is 0.438. The smallest absolute Gasteiger partial charge is 0.328 e. The lowest BCUT2D eigenvalue weighted by Gasteiger charge is -2.16.